The molecule has 2 fully saturated rings. The lowest BCUT2D eigenvalue weighted by Gasteiger charge is -2.22. The Labute approximate surface area is 304 Å². The molecule has 54 heavy (non-hydrogen) atoms. The summed E-state index contributed by atoms with van der Waals surface area (Å²) in [5.74, 6) is -13.3. The maximum atomic E-state index is 14.2. The van der Waals surface area contributed by atoms with Crippen molar-refractivity contribution in [2.45, 2.75) is 42.6 Å². The van der Waals surface area contributed by atoms with E-state index in [1.165, 1.54) is 60.7 Å². The van der Waals surface area contributed by atoms with Gasteiger partial charge in [0.05, 0.1) is 22.3 Å². The lowest BCUT2D eigenvalue weighted by Crippen LogP contribution is -2.44. The lowest BCUT2D eigenvalue weighted by molar-refractivity contribution is -0.199. The summed E-state index contributed by atoms with van der Waals surface area (Å²) in [6.07, 6.45) is -9.93. The number of carbonyl (C=O) groups is 5. The molecule has 1 unspecified atom stereocenters. The molecule has 1 N–H and O–H groups in total. The molecule has 4 aromatic carbocycles. The molecule has 4 aromatic rings. The van der Waals surface area contributed by atoms with E-state index >= 15 is 0 Å². The molecule has 282 valence electrons. The van der Waals surface area contributed by atoms with Gasteiger partial charge in [-0.05, 0) is 48.5 Å². The van der Waals surface area contributed by atoms with E-state index in [-0.39, 0.29) is 22.3 Å². The van der Waals surface area contributed by atoms with Crippen molar-refractivity contribution in [3.05, 3.63) is 144 Å². The lowest BCUT2D eigenvalue weighted by atomic mass is 10.1. The minimum atomic E-state index is -4.05. The van der Waals surface area contributed by atoms with Gasteiger partial charge in [0, 0.05) is 0 Å². The highest BCUT2D eigenvalue weighted by Crippen LogP contribution is 2.38. The van der Waals surface area contributed by atoms with Gasteiger partial charge in [0.2, 0.25) is 12.4 Å². The zero-order chi connectivity index (χ0) is 38.9. The highest BCUT2D eigenvalue weighted by Gasteiger charge is 2.63. The van der Waals surface area contributed by atoms with Gasteiger partial charge in [-0.25, -0.2) is 24.0 Å². The number of carbonyl (C=O) groups excluding carboxylic acids is 5. The number of rotatable bonds is 10. The predicted octanol–water partition coefficient (Wildman–Crippen LogP) is 5.05. The fourth-order valence-electron chi connectivity index (χ4n) is 5.04. The molecule has 0 aliphatic carbocycles. The van der Waals surface area contributed by atoms with E-state index in [9.17, 15) is 46.6 Å². The van der Waals surface area contributed by atoms with Gasteiger partial charge in [-0.2, -0.15) is 17.6 Å². The molecule has 6 rings (SSSR count). The Balaban J connectivity index is 0.000000208. The molecule has 2 heterocycles. The topological polar surface area (TPSA) is 161 Å². The molecule has 0 aromatic heterocycles. The van der Waals surface area contributed by atoms with Crippen molar-refractivity contribution < 1.29 is 75.1 Å². The first-order chi connectivity index (χ1) is 25.8. The van der Waals surface area contributed by atoms with E-state index in [0.29, 0.717) is 0 Å². The van der Waals surface area contributed by atoms with Crippen LogP contribution in [0, 0.1) is 0 Å². The summed E-state index contributed by atoms with van der Waals surface area (Å²) in [6, 6.07) is 30.8. The summed E-state index contributed by atoms with van der Waals surface area (Å²) in [5, 5.41) is 9.46. The Bertz CT molecular complexity index is 1910. The average molecular weight is 755 g/mol. The number of aliphatic hydroxyl groups excluding tert-OH is 1. The van der Waals surface area contributed by atoms with Gasteiger partial charge >= 0.3 is 41.7 Å². The minimum absolute atomic E-state index is 0.0349. The number of benzene rings is 4. The molecular weight excluding hydrogens is 724 g/mol. The van der Waals surface area contributed by atoms with Crippen LogP contribution in [0.2, 0.25) is 0 Å². The standard InChI is InChI=1S/C19H16F2O6.C19H14F2O6/c2*20-19(21)15(27-17(23)13-9-5-2-6-10-13)14(26-18(19)24)11-25-16(22)12-7-3-1-4-8-12/h1-10,14-15,18,24H,11H2;1-10,14-15H,11H2/t14-,15-,18?;14-,15-/m11/s1. The first-order valence-electron chi connectivity index (χ1n) is 16.1. The van der Waals surface area contributed by atoms with Crippen LogP contribution >= 0.6 is 0 Å². The fourth-order valence-corrected chi connectivity index (χ4v) is 5.04. The second kappa shape index (κ2) is 17.1. The summed E-state index contributed by atoms with van der Waals surface area (Å²) < 4.78 is 85.4. The number of ether oxygens (including phenoxy) is 6. The third kappa shape index (κ3) is 9.26. The first-order valence-corrected chi connectivity index (χ1v) is 16.1. The van der Waals surface area contributed by atoms with E-state index in [0.717, 1.165) is 0 Å². The number of halogens is 4. The van der Waals surface area contributed by atoms with Gasteiger partial charge in [-0.1, -0.05) is 72.8 Å². The van der Waals surface area contributed by atoms with Crippen LogP contribution < -0.4 is 0 Å². The molecule has 0 amide bonds. The zero-order valence-electron chi connectivity index (χ0n) is 27.8. The van der Waals surface area contributed by atoms with Crippen molar-refractivity contribution in [2.24, 2.45) is 0 Å². The zero-order valence-corrected chi connectivity index (χ0v) is 27.8. The third-order valence-electron chi connectivity index (χ3n) is 7.84. The van der Waals surface area contributed by atoms with Crippen LogP contribution in [0.15, 0.2) is 121 Å². The summed E-state index contributed by atoms with van der Waals surface area (Å²) in [4.78, 5) is 59.5. The number of esters is 5. The fraction of sp³-hybridized carbons (Fsp3) is 0.237. The van der Waals surface area contributed by atoms with Crippen molar-refractivity contribution in [3.63, 3.8) is 0 Å². The second-order valence-electron chi connectivity index (χ2n) is 11.6. The van der Waals surface area contributed by atoms with Crippen molar-refractivity contribution in [2.75, 3.05) is 13.2 Å². The second-order valence-corrected chi connectivity index (χ2v) is 11.6. The van der Waals surface area contributed by atoms with Crippen LogP contribution in [0.25, 0.3) is 0 Å². The maximum Gasteiger partial charge on any atom is 0.382 e. The normalized spacial score (nSPS) is 22.1. The minimum Gasteiger partial charge on any atom is -0.459 e. The van der Waals surface area contributed by atoms with Crippen LogP contribution in [0.5, 0.6) is 0 Å². The summed E-state index contributed by atoms with van der Waals surface area (Å²) in [5.41, 5.74) is 0.523. The van der Waals surface area contributed by atoms with Crippen LogP contribution in [0.4, 0.5) is 17.6 Å². The molecule has 12 nitrogen and oxygen atoms in total. The predicted molar refractivity (Wildman–Crippen MR) is 175 cm³/mol. The van der Waals surface area contributed by atoms with Crippen molar-refractivity contribution in [1.29, 1.82) is 0 Å². The van der Waals surface area contributed by atoms with Gasteiger partial charge < -0.3 is 33.5 Å². The Morgan fingerprint density at radius 3 is 1.31 bits per heavy atom. The average Bonchev–Trinajstić information content (AvgIpc) is 3.54. The summed E-state index contributed by atoms with van der Waals surface area (Å²) in [6.45, 7) is -1.30. The maximum absolute atomic E-state index is 14.2. The number of hydrogen-bond donors (Lipinski definition) is 1. The number of alkyl halides is 4. The highest BCUT2D eigenvalue weighted by molar-refractivity contribution is 5.91. The monoisotopic (exact) mass is 754 g/mol. The van der Waals surface area contributed by atoms with E-state index in [1.807, 2.05) is 0 Å². The van der Waals surface area contributed by atoms with Gasteiger partial charge in [0.1, 0.15) is 19.3 Å². The Morgan fingerprint density at radius 2 is 0.907 bits per heavy atom. The van der Waals surface area contributed by atoms with Crippen LogP contribution in [-0.4, -0.2) is 90.7 Å². The molecule has 16 heteroatoms. The van der Waals surface area contributed by atoms with Gasteiger partial charge in [-0.3, -0.25) is 0 Å². The number of hydrogen-bond acceptors (Lipinski definition) is 12. The number of aliphatic hydroxyl groups is 1. The molecule has 5 atom stereocenters. The molecular formula is C38H30F4O12. The quantitative estimate of drug-likeness (QED) is 0.131. The SMILES string of the molecule is O=C(OC[C@H]1OC(=O)C(F)(F)[C@@H]1OC(=O)c1ccccc1)c1ccccc1.O=C(OC[C@H]1OC(O)C(F)(F)[C@@H]1OC(=O)c1ccccc1)c1ccccc1. The first kappa shape index (κ1) is 39.1. The van der Waals surface area contributed by atoms with Crippen LogP contribution in [-0.2, 0) is 33.2 Å². The largest absolute Gasteiger partial charge is 0.459 e. The molecule has 0 spiro atoms. The molecule has 0 bridgehead atoms. The molecule has 0 saturated carbocycles. The van der Waals surface area contributed by atoms with E-state index in [2.05, 4.69) is 4.74 Å². The highest BCUT2D eigenvalue weighted by atomic mass is 19.3. The van der Waals surface area contributed by atoms with Crippen LogP contribution in [0.3, 0.4) is 0 Å². The smallest absolute Gasteiger partial charge is 0.382 e. The Hall–Kier alpha value is -6.13. The van der Waals surface area contributed by atoms with Gasteiger partial charge in [0.15, 0.2) is 12.2 Å². The Morgan fingerprint density at radius 1 is 0.556 bits per heavy atom. The Kier molecular flexibility index (Phi) is 12.4. The van der Waals surface area contributed by atoms with E-state index in [4.69, 9.17) is 23.7 Å². The van der Waals surface area contributed by atoms with Gasteiger partial charge in [0.25, 0.3) is 0 Å². The summed E-state index contributed by atoms with van der Waals surface area (Å²) >= 11 is 0. The third-order valence-corrected chi connectivity index (χ3v) is 7.84. The molecule has 2 aliphatic heterocycles. The van der Waals surface area contributed by atoms with Crippen LogP contribution in [0.1, 0.15) is 41.4 Å². The summed E-state index contributed by atoms with van der Waals surface area (Å²) in [7, 11) is 0. The molecule has 2 aliphatic rings. The van der Waals surface area contributed by atoms with Gasteiger partial charge in [-0.15, -0.1) is 0 Å². The van der Waals surface area contributed by atoms with E-state index in [1.54, 1.807) is 60.7 Å². The molecule has 0 radical (unpaired) electrons. The van der Waals surface area contributed by atoms with Crippen molar-refractivity contribution in [3.8, 4) is 0 Å². The number of cyclic esters (lactones) is 1. The van der Waals surface area contributed by atoms with Crippen molar-refractivity contribution >= 4 is 29.8 Å². The van der Waals surface area contributed by atoms with E-state index < -0.39 is 85.6 Å². The molecule has 2 saturated heterocycles. The van der Waals surface area contributed by atoms with Crippen molar-refractivity contribution in [1.82, 2.24) is 0 Å².